The van der Waals surface area contributed by atoms with Crippen LogP contribution in [0.5, 0.6) is 0 Å². The molecule has 1 aliphatic heterocycles. The molecule has 0 aromatic rings. The van der Waals surface area contributed by atoms with Crippen molar-refractivity contribution < 1.29 is 14.4 Å². The average molecular weight is 307 g/mol. The SMILES string of the molecule is C/C=C(\C=C/CC#CC1NC(=O)NC1=O)C(=O)NSCC. The second-order valence-corrected chi connectivity index (χ2v) is 5.00. The van der Waals surface area contributed by atoms with Crippen LogP contribution < -0.4 is 15.4 Å². The summed E-state index contributed by atoms with van der Waals surface area (Å²) in [5.74, 6) is 5.61. The third-order valence-electron chi connectivity index (χ3n) is 2.42. The van der Waals surface area contributed by atoms with Crippen molar-refractivity contribution in [3.05, 3.63) is 23.8 Å². The van der Waals surface area contributed by atoms with Crippen LogP contribution in [0.3, 0.4) is 0 Å². The minimum atomic E-state index is -0.795. The molecule has 0 aliphatic carbocycles. The van der Waals surface area contributed by atoms with Crippen molar-refractivity contribution in [2.24, 2.45) is 0 Å². The predicted octanol–water partition coefficient (Wildman–Crippen LogP) is 0.875. The van der Waals surface area contributed by atoms with Gasteiger partial charge in [-0.3, -0.25) is 19.6 Å². The topological polar surface area (TPSA) is 87.3 Å². The first-order chi connectivity index (χ1) is 10.1. The van der Waals surface area contributed by atoms with Gasteiger partial charge in [-0.15, -0.1) is 0 Å². The smallest absolute Gasteiger partial charge is 0.316 e. The van der Waals surface area contributed by atoms with E-state index in [-0.39, 0.29) is 5.91 Å². The van der Waals surface area contributed by atoms with Crippen LogP contribution in [0.4, 0.5) is 4.79 Å². The van der Waals surface area contributed by atoms with Crippen LogP contribution >= 0.6 is 11.9 Å². The van der Waals surface area contributed by atoms with Crippen LogP contribution in [0.2, 0.25) is 0 Å². The van der Waals surface area contributed by atoms with E-state index in [1.165, 1.54) is 11.9 Å². The number of imide groups is 1. The van der Waals surface area contributed by atoms with Gasteiger partial charge in [0.1, 0.15) is 0 Å². The number of nitrogens with one attached hydrogen (secondary N) is 3. The summed E-state index contributed by atoms with van der Waals surface area (Å²) in [6.45, 7) is 3.73. The summed E-state index contributed by atoms with van der Waals surface area (Å²) in [5, 5.41) is 4.48. The molecule has 21 heavy (non-hydrogen) atoms. The molecular weight excluding hydrogens is 290 g/mol. The Morgan fingerprint density at radius 3 is 2.81 bits per heavy atom. The molecule has 7 heteroatoms. The molecule has 4 amide bonds. The van der Waals surface area contributed by atoms with Gasteiger partial charge in [0.2, 0.25) is 0 Å². The molecule has 0 aromatic heterocycles. The first kappa shape index (κ1) is 16.9. The van der Waals surface area contributed by atoms with Gasteiger partial charge in [0.25, 0.3) is 11.8 Å². The predicted molar refractivity (Wildman–Crippen MR) is 82.0 cm³/mol. The van der Waals surface area contributed by atoms with E-state index in [0.717, 1.165) is 5.75 Å². The van der Waals surface area contributed by atoms with E-state index in [1.807, 2.05) is 6.92 Å². The molecule has 0 radical (unpaired) electrons. The van der Waals surface area contributed by atoms with Crippen LogP contribution in [0, 0.1) is 11.8 Å². The molecule has 3 N–H and O–H groups in total. The maximum atomic E-state index is 11.7. The van der Waals surface area contributed by atoms with Gasteiger partial charge >= 0.3 is 6.03 Å². The molecule has 1 unspecified atom stereocenters. The van der Waals surface area contributed by atoms with Gasteiger partial charge in [0.05, 0.1) is 0 Å². The molecule has 1 aliphatic rings. The number of hydrogen-bond donors (Lipinski definition) is 3. The number of allylic oxidation sites excluding steroid dienone is 2. The fourth-order valence-electron chi connectivity index (χ4n) is 1.42. The lowest BCUT2D eigenvalue weighted by Gasteiger charge is -2.02. The molecule has 1 atom stereocenters. The van der Waals surface area contributed by atoms with Crippen molar-refractivity contribution in [2.75, 3.05) is 5.75 Å². The van der Waals surface area contributed by atoms with Gasteiger partial charge in [0, 0.05) is 17.7 Å². The summed E-state index contributed by atoms with van der Waals surface area (Å²) >= 11 is 1.33. The monoisotopic (exact) mass is 307 g/mol. The van der Waals surface area contributed by atoms with Crippen molar-refractivity contribution in [1.29, 1.82) is 0 Å². The molecule has 1 saturated heterocycles. The summed E-state index contributed by atoms with van der Waals surface area (Å²) in [5.41, 5.74) is 0.546. The maximum Gasteiger partial charge on any atom is 0.322 e. The highest BCUT2D eigenvalue weighted by Gasteiger charge is 2.27. The van der Waals surface area contributed by atoms with E-state index in [9.17, 15) is 14.4 Å². The normalized spacial score (nSPS) is 18.0. The number of urea groups is 1. The zero-order valence-electron chi connectivity index (χ0n) is 11.9. The first-order valence-corrected chi connectivity index (χ1v) is 7.41. The van der Waals surface area contributed by atoms with Crippen molar-refractivity contribution in [2.45, 2.75) is 26.3 Å². The molecule has 1 heterocycles. The Morgan fingerprint density at radius 1 is 1.48 bits per heavy atom. The number of rotatable bonds is 5. The molecule has 0 saturated carbocycles. The standard InChI is InChI=1S/C14H17N3O3S/c1-3-10(12(18)17-21-4-2)8-6-5-7-9-11-13(19)16-14(20)15-11/h3,6,8,11H,4-5H2,1-2H3,(H,17,18)(H2,15,16,19,20)/b8-6-,10-3+. The van der Waals surface area contributed by atoms with Crippen LogP contribution in [-0.4, -0.2) is 29.6 Å². The largest absolute Gasteiger partial charge is 0.322 e. The third-order valence-corrected chi connectivity index (χ3v) is 3.04. The second kappa shape index (κ2) is 8.87. The quantitative estimate of drug-likeness (QED) is 0.231. The molecule has 0 bridgehead atoms. The fourth-order valence-corrected chi connectivity index (χ4v) is 1.82. The second-order valence-electron chi connectivity index (χ2n) is 3.93. The lowest BCUT2D eigenvalue weighted by atomic mass is 10.2. The summed E-state index contributed by atoms with van der Waals surface area (Å²) in [6.07, 6.45) is 5.49. The minimum Gasteiger partial charge on any atom is -0.316 e. The molecule has 1 rings (SSSR count). The molecule has 0 aromatic carbocycles. The van der Waals surface area contributed by atoms with E-state index >= 15 is 0 Å². The third kappa shape index (κ3) is 5.75. The highest BCUT2D eigenvalue weighted by molar-refractivity contribution is 7.97. The van der Waals surface area contributed by atoms with Crippen LogP contribution in [0.1, 0.15) is 20.3 Å². The van der Waals surface area contributed by atoms with Gasteiger partial charge in [0.15, 0.2) is 6.04 Å². The van der Waals surface area contributed by atoms with Crippen molar-refractivity contribution >= 4 is 29.8 Å². The Balaban J connectivity index is 2.45. The van der Waals surface area contributed by atoms with Crippen molar-refractivity contribution in [3.8, 4) is 11.8 Å². The lowest BCUT2D eigenvalue weighted by Crippen LogP contribution is -2.26. The van der Waals surface area contributed by atoms with Gasteiger partial charge in [-0.1, -0.05) is 48.9 Å². The summed E-state index contributed by atoms with van der Waals surface area (Å²) in [7, 11) is 0. The lowest BCUT2D eigenvalue weighted by molar-refractivity contribution is -0.119. The van der Waals surface area contributed by atoms with Crippen LogP contribution in [-0.2, 0) is 9.59 Å². The van der Waals surface area contributed by atoms with E-state index in [0.29, 0.717) is 12.0 Å². The molecule has 0 spiro atoms. The maximum absolute atomic E-state index is 11.7. The fraction of sp³-hybridized carbons (Fsp3) is 0.357. The highest BCUT2D eigenvalue weighted by Crippen LogP contribution is 2.02. The van der Waals surface area contributed by atoms with E-state index < -0.39 is 18.0 Å². The molecule has 112 valence electrons. The summed E-state index contributed by atoms with van der Waals surface area (Å²) in [4.78, 5) is 33.8. The molecular formula is C14H17N3O3S. The summed E-state index contributed by atoms with van der Waals surface area (Å²) in [6, 6.07) is -1.33. The number of carbonyl (C=O) groups excluding carboxylic acids is 3. The van der Waals surface area contributed by atoms with E-state index in [1.54, 1.807) is 25.2 Å². The Morgan fingerprint density at radius 2 is 2.24 bits per heavy atom. The number of amides is 4. The van der Waals surface area contributed by atoms with Crippen LogP contribution in [0.15, 0.2) is 23.8 Å². The Kier molecular flexibility index (Phi) is 7.12. The van der Waals surface area contributed by atoms with E-state index in [4.69, 9.17) is 0 Å². The number of carbonyl (C=O) groups is 3. The summed E-state index contributed by atoms with van der Waals surface area (Å²) < 4.78 is 2.70. The van der Waals surface area contributed by atoms with E-state index in [2.05, 4.69) is 27.2 Å². The van der Waals surface area contributed by atoms with Gasteiger partial charge in [-0.25, -0.2) is 4.79 Å². The number of hydrogen-bond acceptors (Lipinski definition) is 4. The van der Waals surface area contributed by atoms with Gasteiger partial charge < -0.3 is 5.32 Å². The Labute approximate surface area is 127 Å². The van der Waals surface area contributed by atoms with Crippen molar-refractivity contribution in [3.63, 3.8) is 0 Å². The Bertz CT molecular complexity index is 543. The molecule has 1 fully saturated rings. The first-order valence-electron chi connectivity index (χ1n) is 6.43. The van der Waals surface area contributed by atoms with Crippen LogP contribution in [0.25, 0.3) is 0 Å². The van der Waals surface area contributed by atoms with Gasteiger partial charge in [-0.05, 0) is 6.92 Å². The molecule has 6 nitrogen and oxygen atoms in total. The Hall–Kier alpha value is -2.20. The van der Waals surface area contributed by atoms with Crippen molar-refractivity contribution in [1.82, 2.24) is 15.4 Å². The minimum absolute atomic E-state index is 0.156. The zero-order valence-corrected chi connectivity index (χ0v) is 12.7. The average Bonchev–Trinajstić information content (AvgIpc) is 2.78. The zero-order chi connectivity index (χ0) is 15.7. The van der Waals surface area contributed by atoms with Gasteiger partial charge in [-0.2, -0.15) is 0 Å². The highest BCUT2D eigenvalue weighted by atomic mass is 32.2.